The minimum atomic E-state index is 0.494. The van der Waals surface area contributed by atoms with Crippen LogP contribution in [-0.4, -0.2) is 50.3 Å². The van der Waals surface area contributed by atoms with Gasteiger partial charge in [-0.15, -0.1) is 0 Å². The van der Waals surface area contributed by atoms with Crippen LogP contribution in [0.4, 0.5) is 0 Å². The fraction of sp³-hybridized carbons (Fsp3) is 1.00. The third-order valence-corrected chi connectivity index (χ3v) is 5.44. The monoisotopic (exact) mass is 238 g/mol. The smallest absolute Gasteiger partial charge is 0.0562 e. The molecule has 98 valence electrons. The lowest BCUT2D eigenvalue weighted by Gasteiger charge is -2.54. The lowest BCUT2D eigenvalue weighted by atomic mass is 9.67. The Hall–Kier alpha value is -0.120. The van der Waals surface area contributed by atoms with Crippen molar-refractivity contribution in [2.75, 3.05) is 39.4 Å². The van der Waals surface area contributed by atoms with E-state index in [9.17, 15) is 0 Å². The lowest BCUT2D eigenvalue weighted by Crippen LogP contribution is -2.62. The molecule has 0 spiro atoms. The van der Waals surface area contributed by atoms with Crippen molar-refractivity contribution in [3.63, 3.8) is 0 Å². The van der Waals surface area contributed by atoms with Crippen LogP contribution >= 0.6 is 0 Å². The van der Waals surface area contributed by atoms with Gasteiger partial charge in [-0.3, -0.25) is 4.90 Å². The van der Waals surface area contributed by atoms with Crippen molar-refractivity contribution in [1.82, 2.24) is 10.2 Å². The predicted molar refractivity (Wildman–Crippen MR) is 69.1 cm³/mol. The van der Waals surface area contributed by atoms with E-state index < -0.39 is 0 Å². The molecule has 1 unspecified atom stereocenters. The molecule has 0 radical (unpaired) electrons. The molecule has 1 aliphatic carbocycles. The summed E-state index contributed by atoms with van der Waals surface area (Å²) in [5.41, 5.74) is 0.494. The van der Waals surface area contributed by atoms with E-state index in [4.69, 9.17) is 4.74 Å². The van der Waals surface area contributed by atoms with E-state index >= 15 is 0 Å². The SMILES string of the molecule is CC(N1CCNCC1)C1(C2CCCC2)COC1. The van der Waals surface area contributed by atoms with Gasteiger partial charge in [-0.1, -0.05) is 12.8 Å². The molecule has 0 aromatic heterocycles. The van der Waals surface area contributed by atoms with Gasteiger partial charge in [-0.25, -0.2) is 0 Å². The van der Waals surface area contributed by atoms with Gasteiger partial charge in [-0.2, -0.15) is 0 Å². The first-order valence-electron chi connectivity index (χ1n) is 7.35. The molecular formula is C14H26N2O. The molecular weight excluding hydrogens is 212 g/mol. The quantitative estimate of drug-likeness (QED) is 0.806. The molecule has 3 nitrogen and oxygen atoms in total. The van der Waals surface area contributed by atoms with Gasteiger partial charge in [0.2, 0.25) is 0 Å². The highest BCUT2D eigenvalue weighted by molar-refractivity contribution is 5.01. The number of ether oxygens (including phenoxy) is 1. The van der Waals surface area contributed by atoms with E-state index in [1.165, 1.54) is 38.8 Å². The highest BCUT2D eigenvalue weighted by atomic mass is 16.5. The number of hydrogen-bond donors (Lipinski definition) is 1. The van der Waals surface area contributed by atoms with Crippen molar-refractivity contribution < 1.29 is 4.74 Å². The molecule has 0 amide bonds. The van der Waals surface area contributed by atoms with Gasteiger partial charge in [-0.05, 0) is 25.7 Å². The summed E-state index contributed by atoms with van der Waals surface area (Å²) in [5.74, 6) is 0.932. The fourth-order valence-electron chi connectivity index (χ4n) is 4.09. The van der Waals surface area contributed by atoms with Gasteiger partial charge in [0.1, 0.15) is 0 Å². The average molecular weight is 238 g/mol. The van der Waals surface area contributed by atoms with Crippen LogP contribution in [0, 0.1) is 11.3 Å². The second-order valence-electron chi connectivity index (χ2n) is 6.17. The number of nitrogens with zero attached hydrogens (tertiary/aromatic N) is 1. The standard InChI is InChI=1S/C14H26N2O/c1-12(16-8-6-15-7-9-16)14(10-17-11-14)13-4-2-3-5-13/h12-13,15H,2-11H2,1H3. The summed E-state index contributed by atoms with van der Waals surface area (Å²) >= 11 is 0. The lowest BCUT2D eigenvalue weighted by molar-refractivity contribution is -0.181. The van der Waals surface area contributed by atoms with E-state index in [1.54, 1.807) is 0 Å². The maximum atomic E-state index is 5.62. The van der Waals surface area contributed by atoms with E-state index in [0.717, 1.165) is 32.2 Å². The van der Waals surface area contributed by atoms with Gasteiger partial charge in [0.25, 0.3) is 0 Å². The Morgan fingerprint density at radius 3 is 2.35 bits per heavy atom. The van der Waals surface area contributed by atoms with E-state index in [2.05, 4.69) is 17.1 Å². The molecule has 0 aromatic carbocycles. The molecule has 0 bridgehead atoms. The molecule has 2 heterocycles. The Bertz CT molecular complexity index is 253. The Labute approximate surface area is 105 Å². The Balaban J connectivity index is 1.70. The zero-order chi connectivity index (χ0) is 11.7. The minimum Gasteiger partial charge on any atom is -0.380 e. The zero-order valence-electron chi connectivity index (χ0n) is 11.1. The van der Waals surface area contributed by atoms with E-state index in [1.807, 2.05) is 0 Å². The molecule has 1 N–H and O–H groups in total. The fourth-order valence-corrected chi connectivity index (χ4v) is 4.09. The summed E-state index contributed by atoms with van der Waals surface area (Å²) in [6.45, 7) is 9.24. The van der Waals surface area contributed by atoms with E-state index in [-0.39, 0.29) is 0 Å². The van der Waals surface area contributed by atoms with Gasteiger partial charge in [0.15, 0.2) is 0 Å². The minimum absolute atomic E-state index is 0.494. The van der Waals surface area contributed by atoms with Crippen molar-refractivity contribution in [3.05, 3.63) is 0 Å². The van der Waals surface area contributed by atoms with Crippen LogP contribution in [0.1, 0.15) is 32.6 Å². The summed E-state index contributed by atoms with van der Waals surface area (Å²) < 4.78 is 5.62. The van der Waals surface area contributed by atoms with Crippen LogP contribution in [0.2, 0.25) is 0 Å². The van der Waals surface area contributed by atoms with Crippen LogP contribution < -0.4 is 5.32 Å². The third kappa shape index (κ3) is 2.02. The maximum Gasteiger partial charge on any atom is 0.0562 e. The van der Waals surface area contributed by atoms with Crippen molar-refractivity contribution in [3.8, 4) is 0 Å². The second-order valence-corrected chi connectivity index (χ2v) is 6.17. The van der Waals surface area contributed by atoms with Crippen LogP contribution in [0.25, 0.3) is 0 Å². The van der Waals surface area contributed by atoms with Crippen LogP contribution in [0.5, 0.6) is 0 Å². The van der Waals surface area contributed by atoms with Crippen LogP contribution in [0.3, 0.4) is 0 Å². The van der Waals surface area contributed by atoms with Gasteiger partial charge in [0.05, 0.1) is 13.2 Å². The first-order valence-corrected chi connectivity index (χ1v) is 7.35. The zero-order valence-corrected chi connectivity index (χ0v) is 11.1. The molecule has 3 heteroatoms. The van der Waals surface area contributed by atoms with Crippen LogP contribution in [0.15, 0.2) is 0 Å². The summed E-state index contributed by atoms with van der Waals surface area (Å²) in [4.78, 5) is 2.69. The van der Waals surface area contributed by atoms with Gasteiger partial charge < -0.3 is 10.1 Å². The summed E-state index contributed by atoms with van der Waals surface area (Å²) in [6, 6.07) is 0.710. The molecule has 1 atom stereocenters. The van der Waals surface area contributed by atoms with E-state index in [0.29, 0.717) is 11.5 Å². The summed E-state index contributed by atoms with van der Waals surface area (Å²) in [5, 5.41) is 3.45. The normalized spacial score (nSPS) is 32.3. The van der Waals surface area contributed by atoms with Crippen molar-refractivity contribution in [1.29, 1.82) is 0 Å². The molecule has 2 aliphatic heterocycles. The van der Waals surface area contributed by atoms with Gasteiger partial charge in [0, 0.05) is 37.6 Å². The Kier molecular flexibility index (Phi) is 3.42. The van der Waals surface area contributed by atoms with Crippen molar-refractivity contribution in [2.24, 2.45) is 11.3 Å². The largest absolute Gasteiger partial charge is 0.380 e. The summed E-state index contributed by atoms with van der Waals surface area (Å²) in [6.07, 6.45) is 5.78. The van der Waals surface area contributed by atoms with Gasteiger partial charge >= 0.3 is 0 Å². The third-order valence-electron chi connectivity index (χ3n) is 5.44. The highest BCUT2D eigenvalue weighted by Gasteiger charge is 2.51. The second kappa shape index (κ2) is 4.87. The Morgan fingerprint density at radius 2 is 1.82 bits per heavy atom. The van der Waals surface area contributed by atoms with Crippen LogP contribution in [-0.2, 0) is 4.74 Å². The molecule has 1 saturated carbocycles. The number of nitrogens with one attached hydrogen (secondary N) is 1. The number of hydrogen-bond acceptors (Lipinski definition) is 3. The molecule has 3 aliphatic rings. The first kappa shape index (κ1) is 11.9. The number of piperazine rings is 1. The average Bonchev–Trinajstić information content (AvgIpc) is 2.83. The Morgan fingerprint density at radius 1 is 1.18 bits per heavy atom. The first-order chi connectivity index (χ1) is 8.33. The molecule has 3 fully saturated rings. The van der Waals surface area contributed by atoms with Crippen molar-refractivity contribution in [2.45, 2.75) is 38.6 Å². The predicted octanol–water partition coefficient (Wildman–Crippen LogP) is 1.49. The molecule has 0 aromatic rings. The summed E-state index contributed by atoms with van der Waals surface area (Å²) in [7, 11) is 0. The highest BCUT2D eigenvalue weighted by Crippen LogP contribution is 2.48. The maximum absolute atomic E-state index is 5.62. The topological polar surface area (TPSA) is 24.5 Å². The number of rotatable bonds is 3. The molecule has 17 heavy (non-hydrogen) atoms. The molecule has 2 saturated heterocycles. The molecule has 3 rings (SSSR count). The van der Waals surface area contributed by atoms with Crippen molar-refractivity contribution >= 4 is 0 Å².